The summed E-state index contributed by atoms with van der Waals surface area (Å²) in [5.41, 5.74) is 1.71. The van der Waals surface area contributed by atoms with Crippen LogP contribution in [0, 0.1) is 0 Å². The number of hydrogen-bond acceptors (Lipinski definition) is 4. The molecule has 0 aliphatic carbocycles. The molecule has 0 spiro atoms. The molecule has 0 bridgehead atoms. The second kappa shape index (κ2) is 4.23. The number of nitrogens with one attached hydrogen (secondary N) is 2. The van der Waals surface area contributed by atoms with Gasteiger partial charge in [0.05, 0.1) is 37.1 Å². The SMILES string of the molecule is COc1cnc(C2C=NC(=O)CN2)c2[nH]ccc12. The monoisotopic (exact) mass is 244 g/mol. The number of carbonyl (C=O) groups excluding carboxylic acids is 1. The van der Waals surface area contributed by atoms with Crippen molar-refractivity contribution in [2.45, 2.75) is 6.04 Å². The van der Waals surface area contributed by atoms with Crippen LogP contribution < -0.4 is 10.1 Å². The number of aliphatic imine (C=N–C) groups is 1. The summed E-state index contributed by atoms with van der Waals surface area (Å²) in [6, 6.07) is 1.78. The number of hydrogen-bond donors (Lipinski definition) is 2. The first-order chi connectivity index (χ1) is 8.79. The molecule has 1 amide bonds. The molecular formula is C12H12N4O2. The zero-order valence-electron chi connectivity index (χ0n) is 9.80. The van der Waals surface area contributed by atoms with E-state index in [1.165, 1.54) is 0 Å². The summed E-state index contributed by atoms with van der Waals surface area (Å²) in [5, 5.41) is 4.05. The van der Waals surface area contributed by atoms with Crippen LogP contribution >= 0.6 is 0 Å². The van der Waals surface area contributed by atoms with Crippen molar-refractivity contribution in [3.8, 4) is 5.75 Å². The highest BCUT2D eigenvalue weighted by Crippen LogP contribution is 2.28. The number of nitrogens with zero attached hydrogens (tertiary/aromatic N) is 2. The predicted octanol–water partition coefficient (Wildman–Crippen LogP) is 0.813. The second-order valence-electron chi connectivity index (χ2n) is 4.01. The van der Waals surface area contributed by atoms with Crippen LogP contribution in [0.3, 0.4) is 0 Å². The van der Waals surface area contributed by atoms with Crippen molar-refractivity contribution in [1.82, 2.24) is 15.3 Å². The summed E-state index contributed by atoms with van der Waals surface area (Å²) < 4.78 is 5.25. The predicted molar refractivity (Wildman–Crippen MR) is 66.9 cm³/mol. The van der Waals surface area contributed by atoms with Crippen LogP contribution in [-0.2, 0) is 4.79 Å². The molecule has 2 aromatic heterocycles. The van der Waals surface area contributed by atoms with E-state index in [0.717, 1.165) is 22.3 Å². The Morgan fingerprint density at radius 1 is 1.50 bits per heavy atom. The third-order valence-electron chi connectivity index (χ3n) is 2.94. The average Bonchev–Trinajstić information content (AvgIpc) is 2.88. The van der Waals surface area contributed by atoms with Crippen molar-refractivity contribution in [1.29, 1.82) is 0 Å². The van der Waals surface area contributed by atoms with Gasteiger partial charge in [0.25, 0.3) is 5.91 Å². The lowest BCUT2D eigenvalue weighted by Crippen LogP contribution is -2.33. The highest BCUT2D eigenvalue weighted by Gasteiger charge is 2.20. The topological polar surface area (TPSA) is 79.4 Å². The minimum absolute atomic E-state index is 0.158. The van der Waals surface area contributed by atoms with Crippen molar-refractivity contribution in [3.63, 3.8) is 0 Å². The number of aromatic amines is 1. The lowest BCUT2D eigenvalue weighted by atomic mass is 10.1. The van der Waals surface area contributed by atoms with Crippen LogP contribution in [0.4, 0.5) is 0 Å². The minimum Gasteiger partial charge on any atom is -0.494 e. The van der Waals surface area contributed by atoms with Gasteiger partial charge >= 0.3 is 0 Å². The molecular weight excluding hydrogens is 232 g/mol. The highest BCUT2D eigenvalue weighted by molar-refractivity contribution is 5.94. The van der Waals surface area contributed by atoms with Gasteiger partial charge in [0.15, 0.2) is 0 Å². The number of fused-ring (bicyclic) bond motifs is 1. The maximum atomic E-state index is 11.0. The van der Waals surface area contributed by atoms with E-state index >= 15 is 0 Å². The van der Waals surface area contributed by atoms with Crippen LogP contribution in [0.15, 0.2) is 23.5 Å². The van der Waals surface area contributed by atoms with Gasteiger partial charge in [-0.2, -0.15) is 0 Å². The van der Waals surface area contributed by atoms with E-state index in [1.54, 1.807) is 19.5 Å². The number of methoxy groups -OCH3 is 1. The van der Waals surface area contributed by atoms with E-state index in [9.17, 15) is 4.79 Å². The molecule has 1 atom stereocenters. The Kier molecular flexibility index (Phi) is 2.56. The lowest BCUT2D eigenvalue weighted by Gasteiger charge is -2.17. The zero-order chi connectivity index (χ0) is 12.5. The maximum Gasteiger partial charge on any atom is 0.259 e. The minimum atomic E-state index is -0.164. The average molecular weight is 244 g/mol. The molecule has 92 valence electrons. The number of ether oxygens (including phenoxy) is 1. The Labute approximate surface area is 103 Å². The Hall–Kier alpha value is -2.21. The molecule has 1 aliphatic rings. The number of aromatic nitrogens is 2. The molecule has 18 heavy (non-hydrogen) atoms. The first-order valence-corrected chi connectivity index (χ1v) is 5.60. The molecule has 2 N–H and O–H groups in total. The number of carbonyl (C=O) groups is 1. The van der Waals surface area contributed by atoms with E-state index in [1.807, 2.05) is 12.3 Å². The van der Waals surface area contributed by atoms with Crippen molar-refractivity contribution < 1.29 is 9.53 Å². The number of H-pyrrole nitrogens is 1. The van der Waals surface area contributed by atoms with E-state index in [0.29, 0.717) is 0 Å². The Morgan fingerprint density at radius 2 is 2.39 bits per heavy atom. The summed E-state index contributed by atoms with van der Waals surface area (Å²) in [5.74, 6) is 0.557. The van der Waals surface area contributed by atoms with Crippen LogP contribution in [-0.4, -0.2) is 35.7 Å². The van der Waals surface area contributed by atoms with Gasteiger partial charge < -0.3 is 9.72 Å². The number of amides is 1. The fourth-order valence-corrected chi connectivity index (χ4v) is 2.07. The van der Waals surface area contributed by atoms with E-state index in [2.05, 4.69) is 20.3 Å². The van der Waals surface area contributed by atoms with Gasteiger partial charge in [-0.05, 0) is 6.07 Å². The van der Waals surface area contributed by atoms with E-state index < -0.39 is 0 Å². The standard InChI is InChI=1S/C12H12N4O2/c1-18-9-5-16-12(11-7(9)2-3-13-11)8-4-15-10(17)6-14-8/h2-5,8,13-14H,6H2,1H3. The molecule has 1 aliphatic heterocycles. The Bertz CT molecular complexity index is 632. The Balaban J connectivity index is 2.10. The van der Waals surface area contributed by atoms with Gasteiger partial charge in [0.2, 0.25) is 0 Å². The first-order valence-electron chi connectivity index (χ1n) is 5.60. The van der Waals surface area contributed by atoms with Crippen molar-refractivity contribution in [3.05, 3.63) is 24.2 Å². The highest BCUT2D eigenvalue weighted by atomic mass is 16.5. The molecule has 3 rings (SSSR count). The van der Waals surface area contributed by atoms with Crippen molar-refractivity contribution in [2.75, 3.05) is 13.7 Å². The fraction of sp³-hybridized carbons (Fsp3) is 0.250. The zero-order valence-corrected chi connectivity index (χ0v) is 9.80. The molecule has 0 aromatic carbocycles. The van der Waals surface area contributed by atoms with Gasteiger partial charge in [0, 0.05) is 17.8 Å². The molecule has 6 heteroatoms. The third kappa shape index (κ3) is 1.67. The van der Waals surface area contributed by atoms with Crippen LogP contribution in [0.25, 0.3) is 10.9 Å². The molecule has 1 unspecified atom stereocenters. The summed E-state index contributed by atoms with van der Waals surface area (Å²) in [6.45, 7) is 0.233. The summed E-state index contributed by atoms with van der Waals surface area (Å²) in [6.07, 6.45) is 5.10. The van der Waals surface area contributed by atoms with Crippen molar-refractivity contribution >= 4 is 23.0 Å². The smallest absolute Gasteiger partial charge is 0.259 e. The van der Waals surface area contributed by atoms with E-state index in [4.69, 9.17) is 4.74 Å². The Morgan fingerprint density at radius 3 is 3.11 bits per heavy atom. The fourth-order valence-electron chi connectivity index (χ4n) is 2.07. The summed E-state index contributed by atoms with van der Waals surface area (Å²) in [4.78, 5) is 22.4. The number of rotatable bonds is 2. The molecule has 0 saturated heterocycles. The molecule has 0 fully saturated rings. The van der Waals surface area contributed by atoms with Gasteiger partial charge in [0.1, 0.15) is 5.75 Å². The largest absolute Gasteiger partial charge is 0.494 e. The number of pyridine rings is 1. The normalized spacial score (nSPS) is 19.4. The van der Waals surface area contributed by atoms with Gasteiger partial charge in [-0.25, -0.2) is 4.99 Å². The van der Waals surface area contributed by atoms with E-state index in [-0.39, 0.29) is 18.5 Å². The first kappa shape index (κ1) is 10.9. The molecule has 3 heterocycles. The molecule has 6 nitrogen and oxygen atoms in total. The maximum absolute atomic E-state index is 11.0. The van der Waals surface area contributed by atoms with Gasteiger partial charge in [-0.3, -0.25) is 15.1 Å². The quantitative estimate of drug-likeness (QED) is 0.819. The second-order valence-corrected chi connectivity index (χ2v) is 4.01. The van der Waals surface area contributed by atoms with Crippen LogP contribution in [0.1, 0.15) is 11.7 Å². The van der Waals surface area contributed by atoms with Gasteiger partial charge in [-0.1, -0.05) is 0 Å². The van der Waals surface area contributed by atoms with Crippen LogP contribution in [0.5, 0.6) is 5.75 Å². The van der Waals surface area contributed by atoms with Crippen LogP contribution in [0.2, 0.25) is 0 Å². The summed E-state index contributed by atoms with van der Waals surface area (Å²) >= 11 is 0. The van der Waals surface area contributed by atoms with Crippen molar-refractivity contribution in [2.24, 2.45) is 4.99 Å². The summed E-state index contributed by atoms with van der Waals surface area (Å²) in [7, 11) is 1.61. The molecule has 0 radical (unpaired) electrons. The third-order valence-corrected chi connectivity index (χ3v) is 2.94. The molecule has 0 saturated carbocycles. The van der Waals surface area contributed by atoms with Gasteiger partial charge in [-0.15, -0.1) is 0 Å². The molecule has 2 aromatic rings. The lowest BCUT2D eigenvalue weighted by molar-refractivity contribution is -0.117.